The fourth-order valence-electron chi connectivity index (χ4n) is 7.95. The number of rotatable bonds is 52. The van der Waals surface area contributed by atoms with Crippen LogP contribution >= 0.6 is 0 Å². The topological polar surface area (TPSA) is 78.9 Å². The lowest BCUT2D eigenvalue weighted by atomic mass is 10.1. The average molecular weight is 974 g/mol. The van der Waals surface area contributed by atoms with Crippen LogP contribution in [0.5, 0.6) is 0 Å². The van der Waals surface area contributed by atoms with Crippen molar-refractivity contribution in [3.05, 3.63) is 97.2 Å². The number of allylic oxidation sites excluding steroid dienone is 16. The van der Waals surface area contributed by atoms with Crippen LogP contribution in [-0.4, -0.2) is 37.2 Å². The predicted octanol–water partition coefficient (Wildman–Crippen LogP) is 19.7. The fourth-order valence-corrected chi connectivity index (χ4v) is 7.95. The highest BCUT2D eigenvalue weighted by Crippen LogP contribution is 2.15. The van der Waals surface area contributed by atoms with Crippen LogP contribution in [0.3, 0.4) is 0 Å². The minimum absolute atomic E-state index is 0.0880. The summed E-state index contributed by atoms with van der Waals surface area (Å²) in [6, 6.07) is 0. The van der Waals surface area contributed by atoms with E-state index in [2.05, 4.69) is 118 Å². The van der Waals surface area contributed by atoms with E-state index in [1.165, 1.54) is 122 Å². The molecule has 0 aliphatic rings. The van der Waals surface area contributed by atoms with Crippen LogP contribution in [0.2, 0.25) is 0 Å². The third kappa shape index (κ3) is 55.3. The zero-order valence-electron chi connectivity index (χ0n) is 45.8. The van der Waals surface area contributed by atoms with E-state index in [1.807, 2.05) is 0 Å². The summed E-state index contributed by atoms with van der Waals surface area (Å²) in [5.74, 6) is -0.925. The minimum Gasteiger partial charge on any atom is -0.462 e. The van der Waals surface area contributed by atoms with Gasteiger partial charge in [-0.2, -0.15) is 0 Å². The van der Waals surface area contributed by atoms with Crippen molar-refractivity contribution >= 4 is 17.9 Å². The minimum atomic E-state index is -0.791. The molecule has 0 aromatic heterocycles. The second-order valence-electron chi connectivity index (χ2n) is 19.2. The monoisotopic (exact) mass is 973 g/mol. The molecule has 0 spiro atoms. The highest BCUT2D eigenvalue weighted by atomic mass is 16.6. The number of carbonyl (C=O) groups excluding carboxylic acids is 3. The van der Waals surface area contributed by atoms with Crippen molar-refractivity contribution in [3.8, 4) is 0 Å². The van der Waals surface area contributed by atoms with Gasteiger partial charge in [-0.25, -0.2) is 0 Å². The van der Waals surface area contributed by atoms with Crippen molar-refractivity contribution in [2.45, 2.75) is 277 Å². The van der Waals surface area contributed by atoms with Crippen LogP contribution < -0.4 is 0 Å². The zero-order valence-corrected chi connectivity index (χ0v) is 45.8. The smallest absolute Gasteiger partial charge is 0.306 e. The quantitative estimate of drug-likeness (QED) is 0.0262. The van der Waals surface area contributed by atoms with Gasteiger partial charge in [0.15, 0.2) is 6.10 Å². The van der Waals surface area contributed by atoms with E-state index >= 15 is 0 Å². The van der Waals surface area contributed by atoms with Gasteiger partial charge in [0.05, 0.1) is 0 Å². The molecule has 0 radical (unpaired) electrons. The maximum Gasteiger partial charge on any atom is 0.306 e. The van der Waals surface area contributed by atoms with Gasteiger partial charge in [-0.3, -0.25) is 14.4 Å². The van der Waals surface area contributed by atoms with Crippen LogP contribution in [0.1, 0.15) is 271 Å². The van der Waals surface area contributed by atoms with Gasteiger partial charge >= 0.3 is 17.9 Å². The first-order chi connectivity index (χ1) is 34.5. The Balaban J connectivity index is 4.31. The zero-order chi connectivity index (χ0) is 50.7. The van der Waals surface area contributed by atoms with Crippen molar-refractivity contribution in [2.75, 3.05) is 13.2 Å². The summed E-state index contributed by atoms with van der Waals surface area (Å²) in [6.45, 7) is 6.47. The molecule has 0 heterocycles. The highest BCUT2D eigenvalue weighted by Gasteiger charge is 2.19. The SMILES string of the molecule is CC/C=C\C/C=C\C/C=C\C/C=C\C/C=C\C/C=C\C/C=C\CCCCCC(=O)OCC(COC(=O)CCCCCCCCCC)OC(=O)CCCCCCCCCCC/C=C\CCCCCCCC. The molecule has 0 saturated heterocycles. The molecular formula is C64H108O6. The maximum absolute atomic E-state index is 12.8. The number of ether oxygens (including phenoxy) is 3. The first-order valence-corrected chi connectivity index (χ1v) is 29.2. The van der Waals surface area contributed by atoms with Gasteiger partial charge in [0.1, 0.15) is 13.2 Å². The first-order valence-electron chi connectivity index (χ1n) is 29.2. The van der Waals surface area contributed by atoms with E-state index in [1.54, 1.807) is 0 Å². The van der Waals surface area contributed by atoms with Crippen molar-refractivity contribution < 1.29 is 28.6 Å². The summed E-state index contributed by atoms with van der Waals surface area (Å²) in [5.41, 5.74) is 0. The Labute approximate surface area is 432 Å². The lowest BCUT2D eigenvalue weighted by molar-refractivity contribution is -0.167. The summed E-state index contributed by atoms with van der Waals surface area (Å²) in [5, 5.41) is 0. The summed E-state index contributed by atoms with van der Waals surface area (Å²) in [6.07, 6.45) is 77.0. The molecular weight excluding hydrogens is 865 g/mol. The Bertz CT molecular complexity index is 1400. The van der Waals surface area contributed by atoms with Gasteiger partial charge in [-0.15, -0.1) is 0 Å². The van der Waals surface area contributed by atoms with Gasteiger partial charge in [0, 0.05) is 19.3 Å². The molecule has 0 amide bonds. The summed E-state index contributed by atoms with van der Waals surface area (Å²) < 4.78 is 16.8. The van der Waals surface area contributed by atoms with Gasteiger partial charge in [-0.05, 0) is 103 Å². The summed E-state index contributed by atoms with van der Waals surface area (Å²) in [7, 11) is 0. The first kappa shape index (κ1) is 66.3. The molecule has 400 valence electrons. The number of carbonyl (C=O) groups is 3. The largest absolute Gasteiger partial charge is 0.462 e. The predicted molar refractivity (Wildman–Crippen MR) is 302 cm³/mol. The van der Waals surface area contributed by atoms with E-state index in [-0.39, 0.29) is 31.1 Å². The number of hydrogen-bond acceptors (Lipinski definition) is 6. The summed E-state index contributed by atoms with van der Waals surface area (Å²) >= 11 is 0. The van der Waals surface area contributed by atoms with Crippen LogP contribution in [0, 0.1) is 0 Å². The maximum atomic E-state index is 12.8. The summed E-state index contributed by atoms with van der Waals surface area (Å²) in [4.78, 5) is 38.0. The van der Waals surface area contributed by atoms with Gasteiger partial charge in [0.2, 0.25) is 0 Å². The normalized spacial score (nSPS) is 12.8. The van der Waals surface area contributed by atoms with Gasteiger partial charge < -0.3 is 14.2 Å². The average Bonchev–Trinajstić information content (AvgIpc) is 3.36. The van der Waals surface area contributed by atoms with Crippen LogP contribution in [0.25, 0.3) is 0 Å². The van der Waals surface area contributed by atoms with Crippen molar-refractivity contribution in [1.82, 2.24) is 0 Å². The molecule has 1 unspecified atom stereocenters. The standard InChI is InChI=1S/C64H108O6/c1-4-7-10-13-16-19-21-23-25-27-29-30-31-32-33-34-36-37-39-41-43-45-48-51-54-57-63(66)69-60-61(59-68-62(65)56-53-50-47-18-15-12-9-6-3)70-64(67)58-55-52-49-46-44-42-40-38-35-28-26-24-22-20-17-14-11-8-5-2/h7,10,16,19,23-26,29-30,32-33,36-37,41,43,61H,4-6,8-9,11-15,17-18,20-22,27-28,31,34-35,38-40,42,44-60H2,1-3H3/b10-7-,19-16-,25-23-,26-24-,30-29-,33-32-,37-36-,43-41-. The van der Waals surface area contributed by atoms with Gasteiger partial charge in [0.25, 0.3) is 0 Å². The molecule has 0 rings (SSSR count). The molecule has 0 fully saturated rings. The Morgan fingerprint density at radius 3 is 0.900 bits per heavy atom. The molecule has 0 N–H and O–H groups in total. The molecule has 0 aliphatic heterocycles. The Morgan fingerprint density at radius 1 is 0.300 bits per heavy atom. The highest BCUT2D eigenvalue weighted by molar-refractivity contribution is 5.71. The molecule has 70 heavy (non-hydrogen) atoms. The van der Waals surface area contributed by atoms with Crippen LogP contribution in [-0.2, 0) is 28.6 Å². The van der Waals surface area contributed by atoms with Crippen LogP contribution in [0.15, 0.2) is 97.2 Å². The lowest BCUT2D eigenvalue weighted by Gasteiger charge is -2.18. The van der Waals surface area contributed by atoms with Crippen molar-refractivity contribution in [3.63, 3.8) is 0 Å². The number of hydrogen-bond donors (Lipinski definition) is 0. The molecule has 1 atom stereocenters. The molecule has 0 aromatic carbocycles. The van der Waals surface area contributed by atoms with Crippen LogP contribution in [0.4, 0.5) is 0 Å². The Morgan fingerprint density at radius 2 is 0.557 bits per heavy atom. The Kier molecular flexibility index (Phi) is 54.9. The molecule has 0 aromatic rings. The van der Waals surface area contributed by atoms with E-state index in [9.17, 15) is 14.4 Å². The second-order valence-corrected chi connectivity index (χ2v) is 19.2. The molecule has 0 saturated carbocycles. The third-order valence-corrected chi connectivity index (χ3v) is 12.3. The third-order valence-electron chi connectivity index (χ3n) is 12.3. The van der Waals surface area contributed by atoms with Crippen molar-refractivity contribution in [1.29, 1.82) is 0 Å². The van der Waals surface area contributed by atoms with E-state index < -0.39 is 6.10 Å². The number of unbranched alkanes of at least 4 members (excludes halogenated alkanes) is 25. The van der Waals surface area contributed by atoms with Crippen molar-refractivity contribution in [2.24, 2.45) is 0 Å². The van der Waals surface area contributed by atoms with E-state index in [4.69, 9.17) is 14.2 Å². The molecule has 0 aliphatic carbocycles. The number of esters is 3. The van der Waals surface area contributed by atoms with E-state index in [0.717, 1.165) is 109 Å². The van der Waals surface area contributed by atoms with Gasteiger partial charge in [-0.1, -0.05) is 246 Å². The second kappa shape index (κ2) is 57.9. The van der Waals surface area contributed by atoms with E-state index in [0.29, 0.717) is 19.3 Å². The lowest BCUT2D eigenvalue weighted by Crippen LogP contribution is -2.30. The molecule has 6 nitrogen and oxygen atoms in total. The molecule has 0 bridgehead atoms. The fraction of sp³-hybridized carbons (Fsp3) is 0.703. The molecule has 6 heteroatoms. The Hall–Kier alpha value is -3.67.